The van der Waals surface area contributed by atoms with Gasteiger partial charge in [0, 0.05) is 0 Å². The van der Waals surface area contributed by atoms with E-state index in [1.165, 1.54) is 7.11 Å². The largest absolute Gasteiger partial charge is 0.495 e. The molecule has 0 aromatic heterocycles. The zero-order valence-electron chi connectivity index (χ0n) is 9.56. The molecule has 0 atom stereocenters. The summed E-state index contributed by atoms with van der Waals surface area (Å²) in [6, 6.07) is 5.06. The molecule has 0 amide bonds. The molecule has 1 aromatic carbocycles. The first kappa shape index (κ1) is 12.8. The first-order chi connectivity index (χ1) is 7.48. The summed E-state index contributed by atoms with van der Waals surface area (Å²) in [5, 5.41) is 0. The second-order valence-corrected chi connectivity index (χ2v) is 5.85. The summed E-state index contributed by atoms with van der Waals surface area (Å²) in [6.07, 6.45) is 0.633. The molecule has 0 heterocycles. The van der Waals surface area contributed by atoms with Crippen molar-refractivity contribution >= 4 is 15.5 Å². The van der Waals surface area contributed by atoms with Crippen LogP contribution in [0.5, 0.6) is 5.75 Å². The zero-order valence-corrected chi connectivity index (χ0v) is 10.4. The molecule has 0 unspecified atom stereocenters. The van der Waals surface area contributed by atoms with E-state index in [1.54, 1.807) is 18.2 Å². The van der Waals surface area contributed by atoms with Crippen molar-refractivity contribution < 1.29 is 13.2 Å². The molecule has 0 aliphatic rings. The predicted octanol–water partition coefficient (Wildman–Crippen LogP) is 1.60. The summed E-state index contributed by atoms with van der Waals surface area (Å²) >= 11 is 0. The second kappa shape index (κ2) is 5.21. The third-order valence-electron chi connectivity index (χ3n) is 2.20. The monoisotopic (exact) mass is 243 g/mol. The summed E-state index contributed by atoms with van der Waals surface area (Å²) in [4.78, 5) is 0. The van der Waals surface area contributed by atoms with Gasteiger partial charge in [-0.25, -0.2) is 8.42 Å². The molecular weight excluding hydrogens is 226 g/mol. The van der Waals surface area contributed by atoms with E-state index in [-0.39, 0.29) is 11.5 Å². The number of hydrogen-bond acceptors (Lipinski definition) is 4. The van der Waals surface area contributed by atoms with E-state index in [0.717, 1.165) is 0 Å². The standard InChI is InChI=1S/C11H17NO3S/c1-3-6-16(13,14)8-9-4-5-11(15-2)10(12)7-9/h4-5,7H,3,6,8,12H2,1-2H3. The van der Waals surface area contributed by atoms with Gasteiger partial charge in [-0.15, -0.1) is 0 Å². The lowest BCUT2D eigenvalue weighted by Gasteiger charge is -2.07. The predicted molar refractivity (Wildman–Crippen MR) is 65.2 cm³/mol. The molecule has 0 saturated carbocycles. The Hall–Kier alpha value is -1.23. The van der Waals surface area contributed by atoms with Crippen LogP contribution < -0.4 is 10.5 Å². The molecule has 0 bridgehead atoms. The zero-order chi connectivity index (χ0) is 12.2. The summed E-state index contributed by atoms with van der Waals surface area (Å²) < 4.78 is 28.2. The van der Waals surface area contributed by atoms with Gasteiger partial charge in [0.05, 0.1) is 24.3 Å². The maximum Gasteiger partial charge on any atom is 0.154 e. The number of benzene rings is 1. The third kappa shape index (κ3) is 3.41. The Bertz CT molecular complexity index is 454. The highest BCUT2D eigenvalue weighted by atomic mass is 32.2. The summed E-state index contributed by atoms with van der Waals surface area (Å²) in [7, 11) is -1.49. The van der Waals surface area contributed by atoms with Crippen LogP contribution in [0.1, 0.15) is 18.9 Å². The van der Waals surface area contributed by atoms with Crippen molar-refractivity contribution in [3.8, 4) is 5.75 Å². The average Bonchev–Trinajstić information content (AvgIpc) is 2.17. The van der Waals surface area contributed by atoms with Crippen molar-refractivity contribution in [3.05, 3.63) is 23.8 Å². The van der Waals surface area contributed by atoms with Gasteiger partial charge in [0.1, 0.15) is 5.75 Å². The highest BCUT2D eigenvalue weighted by molar-refractivity contribution is 7.90. The van der Waals surface area contributed by atoms with Crippen molar-refractivity contribution in [2.75, 3.05) is 18.6 Å². The molecule has 1 aromatic rings. The molecule has 0 aliphatic carbocycles. The van der Waals surface area contributed by atoms with Crippen LogP contribution in [0.25, 0.3) is 0 Å². The molecular formula is C11H17NO3S. The fraction of sp³-hybridized carbons (Fsp3) is 0.455. The molecule has 0 fully saturated rings. The van der Waals surface area contributed by atoms with Gasteiger partial charge < -0.3 is 10.5 Å². The van der Waals surface area contributed by atoms with E-state index in [1.807, 2.05) is 6.92 Å². The summed E-state index contributed by atoms with van der Waals surface area (Å²) in [5.41, 5.74) is 6.87. The van der Waals surface area contributed by atoms with Crippen LogP contribution >= 0.6 is 0 Å². The minimum Gasteiger partial charge on any atom is -0.495 e. The quantitative estimate of drug-likeness (QED) is 0.797. The lowest BCUT2D eigenvalue weighted by molar-refractivity contribution is 0.417. The molecule has 2 N–H and O–H groups in total. The highest BCUT2D eigenvalue weighted by Crippen LogP contribution is 2.23. The fourth-order valence-corrected chi connectivity index (χ4v) is 2.96. The second-order valence-electron chi connectivity index (χ2n) is 3.67. The van der Waals surface area contributed by atoms with Gasteiger partial charge in [0.25, 0.3) is 0 Å². The SMILES string of the molecule is CCCS(=O)(=O)Cc1ccc(OC)c(N)c1. The highest BCUT2D eigenvalue weighted by Gasteiger charge is 2.11. The van der Waals surface area contributed by atoms with E-state index >= 15 is 0 Å². The third-order valence-corrected chi connectivity index (χ3v) is 4.00. The van der Waals surface area contributed by atoms with Gasteiger partial charge in [-0.2, -0.15) is 0 Å². The Morgan fingerprint density at radius 2 is 2.06 bits per heavy atom. The van der Waals surface area contributed by atoms with E-state index in [2.05, 4.69) is 0 Å². The summed E-state index contributed by atoms with van der Waals surface area (Å²) in [6.45, 7) is 1.85. The maximum atomic E-state index is 11.6. The Morgan fingerprint density at radius 3 is 2.56 bits per heavy atom. The van der Waals surface area contributed by atoms with Crippen LogP contribution in [-0.2, 0) is 15.6 Å². The number of nitrogens with two attached hydrogens (primary N) is 1. The number of anilines is 1. The Morgan fingerprint density at radius 1 is 1.38 bits per heavy atom. The number of sulfone groups is 1. The first-order valence-corrected chi connectivity index (χ1v) is 6.93. The fourth-order valence-electron chi connectivity index (χ4n) is 1.51. The van der Waals surface area contributed by atoms with Crippen LogP contribution in [0.15, 0.2) is 18.2 Å². The number of nitrogen functional groups attached to an aromatic ring is 1. The van der Waals surface area contributed by atoms with Crippen molar-refractivity contribution in [1.29, 1.82) is 0 Å². The Labute approximate surface area is 96.3 Å². The maximum absolute atomic E-state index is 11.6. The van der Waals surface area contributed by atoms with Crippen LogP contribution in [0.2, 0.25) is 0 Å². The molecule has 0 spiro atoms. The number of hydrogen-bond donors (Lipinski definition) is 1. The van der Waals surface area contributed by atoms with Gasteiger partial charge in [0.15, 0.2) is 9.84 Å². The van der Waals surface area contributed by atoms with Crippen molar-refractivity contribution in [1.82, 2.24) is 0 Å². The van der Waals surface area contributed by atoms with Crippen molar-refractivity contribution in [2.45, 2.75) is 19.1 Å². The Balaban J connectivity index is 2.87. The smallest absolute Gasteiger partial charge is 0.154 e. The Kier molecular flexibility index (Phi) is 4.18. The molecule has 5 heteroatoms. The van der Waals surface area contributed by atoms with E-state index < -0.39 is 9.84 Å². The minimum absolute atomic E-state index is 0.0367. The molecule has 90 valence electrons. The van der Waals surface area contributed by atoms with Gasteiger partial charge in [-0.3, -0.25) is 0 Å². The first-order valence-electron chi connectivity index (χ1n) is 5.11. The van der Waals surface area contributed by atoms with Crippen LogP contribution in [-0.4, -0.2) is 21.3 Å². The molecule has 4 nitrogen and oxygen atoms in total. The van der Waals surface area contributed by atoms with Gasteiger partial charge in [-0.1, -0.05) is 13.0 Å². The summed E-state index contributed by atoms with van der Waals surface area (Å²) in [5.74, 6) is 0.810. The molecule has 0 radical (unpaired) electrons. The normalized spacial score (nSPS) is 11.4. The van der Waals surface area contributed by atoms with Gasteiger partial charge >= 0.3 is 0 Å². The number of ether oxygens (including phenoxy) is 1. The van der Waals surface area contributed by atoms with Crippen LogP contribution in [0.3, 0.4) is 0 Å². The van der Waals surface area contributed by atoms with Crippen molar-refractivity contribution in [2.24, 2.45) is 0 Å². The lowest BCUT2D eigenvalue weighted by Crippen LogP contribution is -2.08. The average molecular weight is 243 g/mol. The van der Waals surface area contributed by atoms with Crippen LogP contribution in [0.4, 0.5) is 5.69 Å². The minimum atomic E-state index is -3.02. The van der Waals surface area contributed by atoms with E-state index in [9.17, 15) is 8.42 Å². The number of rotatable bonds is 5. The van der Waals surface area contributed by atoms with E-state index in [4.69, 9.17) is 10.5 Å². The van der Waals surface area contributed by atoms with Gasteiger partial charge in [-0.05, 0) is 24.1 Å². The molecule has 0 aliphatic heterocycles. The topological polar surface area (TPSA) is 69.4 Å². The molecule has 0 saturated heterocycles. The lowest BCUT2D eigenvalue weighted by atomic mass is 10.2. The molecule has 1 rings (SSSR count). The van der Waals surface area contributed by atoms with Crippen molar-refractivity contribution in [3.63, 3.8) is 0 Å². The molecule has 16 heavy (non-hydrogen) atoms. The number of methoxy groups -OCH3 is 1. The van der Waals surface area contributed by atoms with Gasteiger partial charge in [0.2, 0.25) is 0 Å². The van der Waals surface area contributed by atoms with Crippen LogP contribution in [0, 0.1) is 0 Å². The van der Waals surface area contributed by atoms with E-state index in [0.29, 0.717) is 23.4 Å².